The van der Waals surface area contributed by atoms with Crippen molar-refractivity contribution in [3.8, 4) is 0 Å². The Bertz CT molecular complexity index is 856. The van der Waals surface area contributed by atoms with E-state index in [0.717, 1.165) is 11.0 Å². The number of rotatable bonds is 4. The van der Waals surface area contributed by atoms with Crippen LogP contribution >= 0.6 is 23.2 Å². The van der Waals surface area contributed by atoms with Crippen molar-refractivity contribution >= 4 is 40.7 Å². The van der Waals surface area contributed by atoms with E-state index >= 15 is 0 Å². The van der Waals surface area contributed by atoms with Gasteiger partial charge in [0.2, 0.25) is 11.8 Å². The van der Waals surface area contributed by atoms with Gasteiger partial charge in [0.25, 0.3) is 0 Å². The Morgan fingerprint density at radius 1 is 1.19 bits per heavy atom. The summed E-state index contributed by atoms with van der Waals surface area (Å²) in [6.45, 7) is 0.135. The molecule has 0 saturated carbocycles. The second-order valence-corrected chi connectivity index (χ2v) is 6.73. The van der Waals surface area contributed by atoms with Crippen LogP contribution in [0.5, 0.6) is 0 Å². The van der Waals surface area contributed by atoms with Gasteiger partial charge in [-0.3, -0.25) is 9.59 Å². The molecule has 1 fully saturated rings. The van der Waals surface area contributed by atoms with E-state index < -0.39 is 23.5 Å². The van der Waals surface area contributed by atoms with Crippen LogP contribution in [0.15, 0.2) is 36.4 Å². The summed E-state index contributed by atoms with van der Waals surface area (Å²) >= 11 is 12.1. The van der Waals surface area contributed by atoms with Crippen molar-refractivity contribution in [2.45, 2.75) is 13.0 Å². The molecule has 0 bridgehead atoms. The Labute approximate surface area is 158 Å². The number of nitrogens with zero attached hydrogens (tertiary/aromatic N) is 1. The number of halogens is 4. The molecule has 1 N–H and O–H groups in total. The summed E-state index contributed by atoms with van der Waals surface area (Å²) in [6.07, 6.45) is -0.0566. The van der Waals surface area contributed by atoms with Gasteiger partial charge in [0.15, 0.2) is 0 Å². The van der Waals surface area contributed by atoms with Crippen LogP contribution in [0.25, 0.3) is 0 Å². The smallest absolute Gasteiger partial charge is 0.227 e. The molecule has 1 aliphatic rings. The van der Waals surface area contributed by atoms with E-state index in [-0.39, 0.29) is 31.1 Å². The van der Waals surface area contributed by atoms with Crippen molar-refractivity contribution < 1.29 is 18.4 Å². The molecule has 8 heteroatoms. The van der Waals surface area contributed by atoms with E-state index in [4.69, 9.17) is 23.2 Å². The predicted octanol–water partition coefficient (Wildman–Crippen LogP) is 3.94. The van der Waals surface area contributed by atoms with Gasteiger partial charge in [0, 0.05) is 41.2 Å². The molecule has 0 aliphatic carbocycles. The Balaban J connectivity index is 1.67. The van der Waals surface area contributed by atoms with Gasteiger partial charge in [0.05, 0.1) is 11.6 Å². The van der Waals surface area contributed by atoms with E-state index in [9.17, 15) is 18.4 Å². The number of nitrogens with one attached hydrogen (secondary N) is 1. The summed E-state index contributed by atoms with van der Waals surface area (Å²) in [5.74, 6) is -2.98. The fourth-order valence-electron chi connectivity index (χ4n) is 2.84. The molecule has 2 aromatic carbocycles. The summed E-state index contributed by atoms with van der Waals surface area (Å²) in [7, 11) is 0. The van der Waals surface area contributed by atoms with Gasteiger partial charge in [-0.1, -0.05) is 29.3 Å². The summed E-state index contributed by atoms with van der Waals surface area (Å²) < 4.78 is 26.9. The Hall–Kier alpha value is -2.18. The van der Waals surface area contributed by atoms with Gasteiger partial charge in [-0.15, -0.1) is 0 Å². The zero-order chi connectivity index (χ0) is 18.8. The summed E-state index contributed by atoms with van der Waals surface area (Å²) in [5, 5.41) is 3.55. The predicted molar refractivity (Wildman–Crippen MR) is 95.1 cm³/mol. The second-order valence-electron chi connectivity index (χ2n) is 5.92. The van der Waals surface area contributed by atoms with Gasteiger partial charge < -0.3 is 10.2 Å². The molecule has 0 spiro atoms. The van der Waals surface area contributed by atoms with Crippen LogP contribution in [0.1, 0.15) is 12.0 Å². The molecule has 0 radical (unpaired) electrons. The van der Waals surface area contributed by atoms with Gasteiger partial charge in [0.1, 0.15) is 11.6 Å². The molecule has 1 saturated heterocycles. The number of anilines is 1. The SMILES string of the molecule is O=C(NCc1c(Cl)cccc1Cl)C1CC(=O)N(c2ccc(F)cc2F)C1. The topological polar surface area (TPSA) is 49.4 Å². The first kappa shape index (κ1) is 18.6. The third kappa shape index (κ3) is 3.81. The molecule has 1 unspecified atom stereocenters. The van der Waals surface area contributed by atoms with Crippen LogP contribution in [-0.2, 0) is 16.1 Å². The van der Waals surface area contributed by atoms with E-state index in [1.165, 1.54) is 6.07 Å². The van der Waals surface area contributed by atoms with Crippen molar-refractivity contribution in [2.24, 2.45) is 5.92 Å². The van der Waals surface area contributed by atoms with E-state index in [1.54, 1.807) is 18.2 Å². The molecule has 0 aromatic heterocycles. The van der Waals surface area contributed by atoms with Crippen LogP contribution in [0.2, 0.25) is 10.0 Å². The largest absolute Gasteiger partial charge is 0.352 e. The number of amides is 2. The minimum atomic E-state index is -0.845. The highest BCUT2D eigenvalue weighted by Crippen LogP contribution is 2.28. The van der Waals surface area contributed by atoms with Crippen LogP contribution in [0.4, 0.5) is 14.5 Å². The average molecular weight is 399 g/mol. The molecule has 2 amide bonds. The normalized spacial score (nSPS) is 16.8. The Morgan fingerprint density at radius 3 is 2.54 bits per heavy atom. The highest BCUT2D eigenvalue weighted by Gasteiger charge is 2.36. The molecule has 1 aliphatic heterocycles. The lowest BCUT2D eigenvalue weighted by Gasteiger charge is -2.17. The maximum atomic E-state index is 13.9. The molecule has 26 heavy (non-hydrogen) atoms. The fourth-order valence-corrected chi connectivity index (χ4v) is 3.37. The standard InChI is InChI=1S/C18H14Cl2F2N2O2/c19-13-2-1-3-14(20)12(13)8-23-18(26)10-6-17(25)24(9-10)16-5-4-11(21)7-15(16)22/h1-5,7,10H,6,8-9H2,(H,23,26). The lowest BCUT2D eigenvalue weighted by Crippen LogP contribution is -2.33. The molecule has 3 rings (SSSR count). The van der Waals surface area contributed by atoms with Crippen molar-refractivity contribution in [3.05, 3.63) is 63.6 Å². The molecule has 4 nitrogen and oxygen atoms in total. The summed E-state index contributed by atoms with van der Waals surface area (Å²) in [5.41, 5.74) is 0.538. The van der Waals surface area contributed by atoms with Gasteiger partial charge in [-0.25, -0.2) is 8.78 Å². The number of hydrogen-bond acceptors (Lipinski definition) is 2. The maximum absolute atomic E-state index is 13.9. The number of carbonyl (C=O) groups excluding carboxylic acids is 2. The summed E-state index contributed by atoms with van der Waals surface area (Å²) in [6, 6.07) is 7.97. The van der Waals surface area contributed by atoms with Crippen LogP contribution < -0.4 is 10.2 Å². The van der Waals surface area contributed by atoms with Gasteiger partial charge in [-0.2, -0.15) is 0 Å². The zero-order valence-electron chi connectivity index (χ0n) is 13.4. The quantitative estimate of drug-likeness (QED) is 0.847. The first-order chi connectivity index (χ1) is 12.4. The first-order valence-corrected chi connectivity index (χ1v) is 8.58. The number of hydrogen-bond donors (Lipinski definition) is 1. The summed E-state index contributed by atoms with van der Waals surface area (Å²) in [4.78, 5) is 25.7. The Kier molecular flexibility index (Phi) is 5.44. The van der Waals surface area contributed by atoms with E-state index in [1.807, 2.05) is 0 Å². The van der Waals surface area contributed by atoms with Gasteiger partial charge in [-0.05, 0) is 24.3 Å². The van der Waals surface area contributed by atoms with Crippen LogP contribution in [-0.4, -0.2) is 18.4 Å². The van der Waals surface area contributed by atoms with Crippen molar-refractivity contribution in [3.63, 3.8) is 0 Å². The van der Waals surface area contributed by atoms with E-state index in [0.29, 0.717) is 21.7 Å². The minimum absolute atomic E-state index is 0.0173. The van der Waals surface area contributed by atoms with Crippen LogP contribution in [0, 0.1) is 17.6 Å². The van der Waals surface area contributed by atoms with E-state index in [2.05, 4.69) is 5.32 Å². The number of carbonyl (C=O) groups is 2. The molecule has 2 aromatic rings. The maximum Gasteiger partial charge on any atom is 0.227 e. The molecule has 1 heterocycles. The van der Waals surface area contributed by atoms with Crippen molar-refractivity contribution in [1.82, 2.24) is 5.32 Å². The van der Waals surface area contributed by atoms with Crippen molar-refractivity contribution in [2.75, 3.05) is 11.4 Å². The molecular formula is C18H14Cl2F2N2O2. The van der Waals surface area contributed by atoms with Crippen LogP contribution in [0.3, 0.4) is 0 Å². The van der Waals surface area contributed by atoms with Crippen molar-refractivity contribution in [1.29, 1.82) is 0 Å². The third-order valence-corrected chi connectivity index (χ3v) is 4.91. The third-order valence-electron chi connectivity index (χ3n) is 4.20. The molecule has 136 valence electrons. The second kappa shape index (κ2) is 7.60. The Morgan fingerprint density at radius 2 is 1.88 bits per heavy atom. The first-order valence-electron chi connectivity index (χ1n) is 7.83. The monoisotopic (exact) mass is 398 g/mol. The average Bonchev–Trinajstić information content (AvgIpc) is 2.96. The molecule has 1 atom stereocenters. The zero-order valence-corrected chi connectivity index (χ0v) is 15.0. The van der Waals surface area contributed by atoms with Gasteiger partial charge >= 0.3 is 0 Å². The highest BCUT2D eigenvalue weighted by molar-refractivity contribution is 6.36. The fraction of sp³-hybridized carbons (Fsp3) is 0.222. The number of benzene rings is 2. The highest BCUT2D eigenvalue weighted by atomic mass is 35.5. The lowest BCUT2D eigenvalue weighted by molar-refractivity contribution is -0.126. The lowest BCUT2D eigenvalue weighted by atomic mass is 10.1. The minimum Gasteiger partial charge on any atom is -0.352 e. The molecular weight excluding hydrogens is 385 g/mol.